The van der Waals surface area contributed by atoms with E-state index in [-0.39, 0.29) is 5.56 Å². The van der Waals surface area contributed by atoms with Crippen LogP contribution in [0, 0.1) is 5.92 Å². The predicted octanol–water partition coefficient (Wildman–Crippen LogP) is -0.569. The van der Waals surface area contributed by atoms with Crippen LogP contribution in [0.5, 0.6) is 0 Å². The van der Waals surface area contributed by atoms with Crippen molar-refractivity contribution in [2.45, 2.75) is 37.8 Å². The molecule has 0 aromatic carbocycles. The van der Waals surface area contributed by atoms with Crippen molar-refractivity contribution in [2.24, 2.45) is 5.92 Å². The Morgan fingerprint density at radius 2 is 2.29 bits per heavy atom. The van der Waals surface area contributed by atoms with Crippen LogP contribution in [-0.2, 0) is 24.1 Å². The van der Waals surface area contributed by atoms with Crippen molar-refractivity contribution in [3.8, 4) is 0 Å². The van der Waals surface area contributed by atoms with E-state index in [0.29, 0.717) is 45.2 Å². The number of nitrogens with one attached hydrogen (secondary N) is 2. The Labute approximate surface area is 141 Å². The Morgan fingerprint density at radius 3 is 3.12 bits per heavy atom. The van der Waals surface area contributed by atoms with E-state index in [1.165, 1.54) is 12.8 Å². The van der Waals surface area contributed by atoms with Gasteiger partial charge in [0.15, 0.2) is 0 Å². The smallest absolute Gasteiger partial charge is 0.254 e. The van der Waals surface area contributed by atoms with Crippen molar-refractivity contribution < 1.29 is 9.84 Å². The molecule has 4 rings (SSSR count). The van der Waals surface area contributed by atoms with Gasteiger partial charge in [-0.15, -0.1) is 0 Å². The van der Waals surface area contributed by atoms with Crippen molar-refractivity contribution in [3.05, 3.63) is 27.4 Å². The number of ether oxygens (including phenoxy) is 1. The fourth-order valence-corrected chi connectivity index (χ4v) is 3.67. The molecule has 24 heavy (non-hydrogen) atoms. The molecule has 0 bridgehead atoms. The summed E-state index contributed by atoms with van der Waals surface area (Å²) in [6.07, 6.45) is 4.05. The SMILES string of the molecule is O=c1[nH]c(CC2CC2)nc2c1CCN(CC1(O)CNCCOC1)C2. The number of H-pyrrole nitrogens is 1. The summed E-state index contributed by atoms with van der Waals surface area (Å²) < 4.78 is 5.50. The fraction of sp³-hybridized carbons (Fsp3) is 0.765. The van der Waals surface area contributed by atoms with Crippen LogP contribution in [0.2, 0.25) is 0 Å². The molecule has 1 unspecified atom stereocenters. The van der Waals surface area contributed by atoms with Gasteiger partial charge in [0.25, 0.3) is 5.56 Å². The molecule has 7 heteroatoms. The number of fused-ring (bicyclic) bond motifs is 1. The molecule has 1 saturated carbocycles. The average Bonchev–Trinajstić information content (AvgIpc) is 3.35. The second-order valence-electron chi connectivity index (χ2n) is 7.50. The molecular formula is C17H26N4O3. The van der Waals surface area contributed by atoms with Crippen molar-refractivity contribution in [2.75, 3.05) is 39.4 Å². The molecule has 7 nitrogen and oxygen atoms in total. The lowest BCUT2D eigenvalue weighted by atomic mass is 10.0. The van der Waals surface area contributed by atoms with Crippen molar-refractivity contribution in [1.29, 1.82) is 0 Å². The van der Waals surface area contributed by atoms with Gasteiger partial charge >= 0.3 is 0 Å². The van der Waals surface area contributed by atoms with E-state index in [1.807, 2.05) is 0 Å². The number of aliphatic hydroxyl groups is 1. The van der Waals surface area contributed by atoms with Crippen LogP contribution in [0.4, 0.5) is 0 Å². The van der Waals surface area contributed by atoms with Gasteiger partial charge in [-0.05, 0) is 25.2 Å². The maximum Gasteiger partial charge on any atom is 0.254 e. The highest BCUT2D eigenvalue weighted by Gasteiger charge is 2.33. The van der Waals surface area contributed by atoms with Gasteiger partial charge in [0, 0.05) is 44.7 Å². The summed E-state index contributed by atoms with van der Waals surface area (Å²) >= 11 is 0. The summed E-state index contributed by atoms with van der Waals surface area (Å²) in [5, 5.41) is 14.0. The number of rotatable bonds is 4. The maximum atomic E-state index is 12.3. The topological polar surface area (TPSA) is 90.5 Å². The molecule has 3 heterocycles. The third-order valence-electron chi connectivity index (χ3n) is 5.15. The van der Waals surface area contributed by atoms with Gasteiger partial charge in [-0.1, -0.05) is 0 Å². The molecule has 1 atom stereocenters. The molecule has 1 saturated heterocycles. The Balaban J connectivity index is 1.47. The van der Waals surface area contributed by atoms with Crippen LogP contribution in [0.1, 0.15) is 29.9 Å². The van der Waals surface area contributed by atoms with Crippen LogP contribution in [0.15, 0.2) is 4.79 Å². The van der Waals surface area contributed by atoms with Crippen molar-refractivity contribution >= 4 is 0 Å². The van der Waals surface area contributed by atoms with Crippen molar-refractivity contribution in [1.82, 2.24) is 20.2 Å². The second-order valence-corrected chi connectivity index (χ2v) is 7.50. The molecule has 3 aliphatic rings. The molecule has 3 N–H and O–H groups in total. The summed E-state index contributed by atoms with van der Waals surface area (Å²) in [6, 6.07) is 0. The minimum atomic E-state index is -0.883. The number of β-amino-alcohol motifs (C(OH)–C–C–N with tert-alkyl or cyclic N) is 1. The number of aromatic amines is 1. The summed E-state index contributed by atoms with van der Waals surface area (Å²) in [5.41, 5.74) is 0.833. The number of nitrogens with zero attached hydrogens (tertiary/aromatic N) is 2. The molecule has 2 fully saturated rings. The fourth-order valence-electron chi connectivity index (χ4n) is 3.67. The van der Waals surface area contributed by atoms with Gasteiger partial charge in [-0.25, -0.2) is 4.98 Å². The van der Waals surface area contributed by atoms with E-state index in [1.54, 1.807) is 0 Å². The van der Waals surface area contributed by atoms with Gasteiger partial charge in [0.05, 0.1) is 18.9 Å². The van der Waals surface area contributed by atoms with Crippen LogP contribution >= 0.6 is 0 Å². The zero-order valence-electron chi connectivity index (χ0n) is 14.0. The lowest BCUT2D eigenvalue weighted by Crippen LogP contribution is -2.52. The Hall–Kier alpha value is -1.28. The first-order chi connectivity index (χ1) is 11.6. The first-order valence-corrected chi connectivity index (χ1v) is 8.95. The van der Waals surface area contributed by atoms with Crippen molar-refractivity contribution in [3.63, 3.8) is 0 Å². The van der Waals surface area contributed by atoms with Gasteiger partial charge < -0.3 is 20.1 Å². The third-order valence-corrected chi connectivity index (χ3v) is 5.15. The summed E-state index contributed by atoms with van der Waals surface area (Å²) in [4.78, 5) is 22.2. The molecule has 1 aromatic rings. The van der Waals surface area contributed by atoms with Gasteiger partial charge in [-0.2, -0.15) is 0 Å². The Kier molecular flexibility index (Phi) is 4.42. The minimum Gasteiger partial charge on any atom is -0.385 e. The van der Waals surface area contributed by atoms with Crippen LogP contribution < -0.4 is 10.9 Å². The summed E-state index contributed by atoms with van der Waals surface area (Å²) in [5.74, 6) is 1.52. The Morgan fingerprint density at radius 1 is 1.42 bits per heavy atom. The van der Waals surface area contributed by atoms with Crippen LogP contribution in [0.25, 0.3) is 0 Å². The number of aromatic nitrogens is 2. The van der Waals surface area contributed by atoms with E-state index in [0.717, 1.165) is 36.6 Å². The van der Waals surface area contributed by atoms with Crippen LogP contribution in [-0.4, -0.2) is 65.0 Å². The van der Waals surface area contributed by atoms with Gasteiger partial charge in [0.2, 0.25) is 0 Å². The molecular weight excluding hydrogens is 308 g/mol. The molecule has 0 radical (unpaired) electrons. The second kappa shape index (κ2) is 6.55. The third kappa shape index (κ3) is 3.69. The quantitative estimate of drug-likeness (QED) is 0.683. The normalized spacial score (nSPS) is 28.4. The number of hydrogen-bond acceptors (Lipinski definition) is 6. The zero-order valence-corrected chi connectivity index (χ0v) is 14.0. The number of hydrogen-bond donors (Lipinski definition) is 3. The molecule has 132 valence electrons. The molecule has 0 amide bonds. The predicted molar refractivity (Wildman–Crippen MR) is 88.9 cm³/mol. The summed E-state index contributed by atoms with van der Waals surface area (Å²) in [6.45, 7) is 4.21. The first-order valence-electron chi connectivity index (χ1n) is 8.95. The lowest BCUT2D eigenvalue weighted by molar-refractivity contribution is -0.0513. The lowest BCUT2D eigenvalue weighted by Gasteiger charge is -2.35. The van der Waals surface area contributed by atoms with Crippen LogP contribution in [0.3, 0.4) is 0 Å². The molecule has 0 spiro atoms. The zero-order chi connectivity index (χ0) is 16.6. The molecule has 1 aromatic heterocycles. The average molecular weight is 334 g/mol. The Bertz CT molecular complexity index is 648. The van der Waals surface area contributed by atoms with Gasteiger partial charge in [-0.3, -0.25) is 9.69 Å². The summed E-state index contributed by atoms with van der Waals surface area (Å²) in [7, 11) is 0. The van der Waals surface area contributed by atoms with E-state index >= 15 is 0 Å². The van der Waals surface area contributed by atoms with E-state index in [4.69, 9.17) is 9.72 Å². The highest BCUT2D eigenvalue weighted by atomic mass is 16.5. The first kappa shape index (κ1) is 16.2. The monoisotopic (exact) mass is 334 g/mol. The minimum absolute atomic E-state index is 0.0217. The van der Waals surface area contributed by atoms with E-state index in [9.17, 15) is 9.90 Å². The molecule has 2 aliphatic heterocycles. The molecule has 1 aliphatic carbocycles. The van der Waals surface area contributed by atoms with Gasteiger partial charge in [0.1, 0.15) is 11.4 Å². The highest BCUT2D eigenvalue weighted by molar-refractivity contribution is 5.21. The largest absolute Gasteiger partial charge is 0.385 e. The van der Waals surface area contributed by atoms with E-state index in [2.05, 4.69) is 15.2 Å². The standard InChI is InChI=1S/C17H26N4O3/c22-16-13-3-5-21(10-17(23)9-18-4-6-24-11-17)8-14(13)19-15(20-16)7-12-1-2-12/h12,18,23H,1-11H2,(H,19,20,22). The van der Waals surface area contributed by atoms with E-state index < -0.39 is 5.60 Å². The maximum absolute atomic E-state index is 12.3. The highest BCUT2D eigenvalue weighted by Crippen LogP contribution is 2.31.